The van der Waals surface area contributed by atoms with Crippen LogP contribution in [0.3, 0.4) is 0 Å². The molecule has 0 saturated heterocycles. The van der Waals surface area contributed by atoms with Gasteiger partial charge in [-0.25, -0.2) is 15.0 Å². The van der Waals surface area contributed by atoms with Crippen molar-refractivity contribution in [1.82, 2.24) is 35.0 Å². The normalized spacial score (nSPS) is 14.4. The molecule has 1 aliphatic rings. The second-order valence-corrected chi connectivity index (χ2v) is 10.7. The molecule has 3 N–H and O–H groups in total. The van der Waals surface area contributed by atoms with E-state index in [2.05, 4.69) is 35.7 Å². The number of anilines is 3. The van der Waals surface area contributed by atoms with Crippen LogP contribution in [-0.4, -0.2) is 59.1 Å². The number of rotatable bonds is 10. The zero-order valence-electron chi connectivity index (χ0n) is 24.0. The van der Waals surface area contributed by atoms with Gasteiger partial charge < -0.3 is 25.2 Å². The van der Waals surface area contributed by atoms with E-state index in [0.29, 0.717) is 52.2 Å². The number of carbonyl (C=O) groups is 1. The van der Waals surface area contributed by atoms with Gasteiger partial charge in [0.15, 0.2) is 0 Å². The number of pyridine rings is 2. The zero-order chi connectivity index (χ0) is 30.0. The van der Waals surface area contributed by atoms with Gasteiger partial charge in [-0.2, -0.15) is 4.98 Å². The molecule has 5 heterocycles. The summed E-state index contributed by atoms with van der Waals surface area (Å²) in [6.07, 6.45) is 7.34. The van der Waals surface area contributed by atoms with Crippen LogP contribution in [-0.2, 0) is 5.54 Å². The van der Waals surface area contributed by atoms with Gasteiger partial charge in [-0.15, -0.1) is 0 Å². The van der Waals surface area contributed by atoms with Crippen molar-refractivity contribution < 1.29 is 14.4 Å². The third-order valence-electron chi connectivity index (χ3n) is 7.40. The Labute approximate surface area is 248 Å². The summed E-state index contributed by atoms with van der Waals surface area (Å²) < 4.78 is 5.63. The van der Waals surface area contributed by atoms with E-state index in [0.717, 1.165) is 12.0 Å². The van der Waals surface area contributed by atoms with Crippen LogP contribution in [0.25, 0.3) is 22.8 Å². The number of carbonyl (C=O) groups excluding carboxylic acids is 1. The predicted octanol–water partition coefficient (Wildman–Crippen LogP) is 4.97. The smallest absolute Gasteiger partial charge is 0.261 e. The standard InChI is InChI=1S/C31H31N9O3/c1-4-13-40-29(42)22-17-34-30(37-26(22)31(40,2)3)36-25-14-23(35-24(18-41)19-9-6-5-7-10-19)21(16-33-25)28-38-27(39-43-28)20-11-8-12-32-15-20/h5-12,14-17,24,41H,4,13,18H2,1-3H3,(H2,33,34,35,36,37)/t24-/m1/s1. The van der Waals surface area contributed by atoms with Crippen molar-refractivity contribution in [1.29, 1.82) is 0 Å². The maximum atomic E-state index is 13.0. The first kappa shape index (κ1) is 27.9. The second-order valence-electron chi connectivity index (χ2n) is 10.7. The maximum absolute atomic E-state index is 13.0. The number of hydrogen-bond donors (Lipinski definition) is 3. The Morgan fingerprint density at radius 1 is 1.02 bits per heavy atom. The molecule has 218 valence electrons. The van der Waals surface area contributed by atoms with Gasteiger partial charge >= 0.3 is 0 Å². The van der Waals surface area contributed by atoms with Gasteiger partial charge in [0, 0.05) is 43.0 Å². The number of nitrogens with one attached hydrogen (secondary N) is 2. The topological polar surface area (TPSA) is 155 Å². The van der Waals surface area contributed by atoms with Crippen LogP contribution in [0.2, 0.25) is 0 Å². The van der Waals surface area contributed by atoms with E-state index in [1.807, 2.05) is 62.1 Å². The Hall–Kier alpha value is -5.23. The Morgan fingerprint density at radius 2 is 1.84 bits per heavy atom. The second kappa shape index (κ2) is 11.6. The van der Waals surface area contributed by atoms with Gasteiger partial charge in [-0.1, -0.05) is 42.4 Å². The molecule has 0 saturated carbocycles. The molecule has 1 aromatic carbocycles. The number of amides is 1. The summed E-state index contributed by atoms with van der Waals surface area (Å²) in [6.45, 7) is 6.49. The van der Waals surface area contributed by atoms with Crippen molar-refractivity contribution in [2.45, 2.75) is 38.8 Å². The Kier molecular flexibility index (Phi) is 7.51. The summed E-state index contributed by atoms with van der Waals surface area (Å²) in [6, 6.07) is 14.6. The number of fused-ring (bicyclic) bond motifs is 1. The minimum absolute atomic E-state index is 0.0662. The number of hydrogen-bond acceptors (Lipinski definition) is 11. The van der Waals surface area contributed by atoms with Crippen LogP contribution in [0, 0.1) is 0 Å². The number of nitrogens with zero attached hydrogens (tertiary/aromatic N) is 7. The van der Waals surface area contributed by atoms with E-state index in [1.165, 1.54) is 0 Å². The van der Waals surface area contributed by atoms with Crippen LogP contribution in [0.15, 0.2) is 77.8 Å². The third kappa shape index (κ3) is 5.40. The molecule has 1 amide bonds. The van der Waals surface area contributed by atoms with E-state index < -0.39 is 11.6 Å². The lowest BCUT2D eigenvalue weighted by Gasteiger charge is -2.31. The molecule has 0 fully saturated rings. The average molecular weight is 578 g/mol. The van der Waals surface area contributed by atoms with E-state index in [9.17, 15) is 9.90 Å². The highest BCUT2D eigenvalue weighted by atomic mass is 16.5. The predicted molar refractivity (Wildman–Crippen MR) is 160 cm³/mol. The molecule has 0 bridgehead atoms. The van der Waals surface area contributed by atoms with Crippen molar-refractivity contribution in [2.24, 2.45) is 0 Å². The first-order valence-corrected chi connectivity index (χ1v) is 14.0. The largest absolute Gasteiger partial charge is 0.394 e. The Morgan fingerprint density at radius 3 is 2.58 bits per heavy atom. The maximum Gasteiger partial charge on any atom is 0.261 e. The van der Waals surface area contributed by atoms with Gasteiger partial charge in [0.1, 0.15) is 5.82 Å². The summed E-state index contributed by atoms with van der Waals surface area (Å²) in [5, 5.41) is 21.0. The SMILES string of the molecule is CCCN1C(=O)c2cnc(Nc3cc(N[C@H](CO)c4ccccc4)c(-c4nc(-c5cccnc5)no4)cn3)nc2C1(C)C. The van der Waals surface area contributed by atoms with E-state index in [4.69, 9.17) is 9.51 Å². The van der Waals surface area contributed by atoms with Gasteiger partial charge in [-0.05, 0) is 38.0 Å². The highest BCUT2D eigenvalue weighted by molar-refractivity contribution is 5.99. The molecule has 0 unspecified atom stereocenters. The monoisotopic (exact) mass is 577 g/mol. The van der Waals surface area contributed by atoms with Crippen molar-refractivity contribution in [3.8, 4) is 22.8 Å². The fourth-order valence-electron chi connectivity index (χ4n) is 5.18. The third-order valence-corrected chi connectivity index (χ3v) is 7.40. The lowest BCUT2D eigenvalue weighted by Crippen LogP contribution is -2.39. The van der Waals surface area contributed by atoms with Gasteiger partial charge in [0.25, 0.3) is 11.8 Å². The van der Waals surface area contributed by atoms with Gasteiger partial charge in [0.05, 0.1) is 40.7 Å². The molecular weight excluding hydrogens is 546 g/mol. The molecule has 12 heteroatoms. The minimum atomic E-state index is -0.570. The molecule has 5 aromatic rings. The van der Waals surface area contributed by atoms with Gasteiger partial charge in [-0.3, -0.25) is 9.78 Å². The van der Waals surface area contributed by atoms with E-state index in [1.54, 1.807) is 36.9 Å². The molecule has 43 heavy (non-hydrogen) atoms. The van der Waals surface area contributed by atoms with Crippen molar-refractivity contribution in [3.05, 3.63) is 90.1 Å². The number of aromatic nitrogens is 6. The van der Waals surface area contributed by atoms with Crippen LogP contribution in [0.5, 0.6) is 0 Å². The van der Waals surface area contributed by atoms with Crippen molar-refractivity contribution in [3.63, 3.8) is 0 Å². The number of aliphatic hydroxyl groups is 1. The van der Waals surface area contributed by atoms with E-state index >= 15 is 0 Å². The summed E-state index contributed by atoms with van der Waals surface area (Å²) in [4.78, 5) is 37.2. The fourth-order valence-corrected chi connectivity index (χ4v) is 5.18. The lowest BCUT2D eigenvalue weighted by atomic mass is 10.0. The molecule has 1 aliphatic heterocycles. The fraction of sp³-hybridized carbons (Fsp3) is 0.258. The molecule has 6 rings (SSSR count). The summed E-state index contributed by atoms with van der Waals surface area (Å²) >= 11 is 0. The van der Waals surface area contributed by atoms with E-state index in [-0.39, 0.29) is 18.4 Å². The Bertz CT molecular complexity index is 1740. The van der Waals surface area contributed by atoms with Crippen LogP contribution < -0.4 is 10.6 Å². The average Bonchev–Trinajstić information content (AvgIpc) is 3.59. The number of benzene rings is 1. The lowest BCUT2D eigenvalue weighted by molar-refractivity contribution is 0.0615. The summed E-state index contributed by atoms with van der Waals surface area (Å²) in [5.74, 6) is 1.32. The molecule has 4 aromatic heterocycles. The highest BCUT2D eigenvalue weighted by Gasteiger charge is 2.44. The van der Waals surface area contributed by atoms with Crippen molar-refractivity contribution in [2.75, 3.05) is 23.8 Å². The number of aliphatic hydroxyl groups excluding tert-OH is 1. The first-order chi connectivity index (χ1) is 20.9. The van der Waals surface area contributed by atoms with Crippen LogP contribution in [0.4, 0.5) is 17.5 Å². The highest BCUT2D eigenvalue weighted by Crippen LogP contribution is 2.38. The molecule has 0 spiro atoms. The first-order valence-electron chi connectivity index (χ1n) is 14.0. The molecular formula is C31H31N9O3. The van der Waals surface area contributed by atoms with Crippen molar-refractivity contribution >= 4 is 23.4 Å². The van der Waals surface area contributed by atoms with Crippen LogP contribution in [0.1, 0.15) is 54.8 Å². The minimum Gasteiger partial charge on any atom is -0.394 e. The van der Waals surface area contributed by atoms with Crippen LogP contribution >= 0.6 is 0 Å². The molecule has 1 atom stereocenters. The quantitative estimate of drug-likeness (QED) is 0.206. The molecule has 12 nitrogen and oxygen atoms in total. The zero-order valence-corrected chi connectivity index (χ0v) is 24.0. The summed E-state index contributed by atoms with van der Waals surface area (Å²) in [7, 11) is 0. The Balaban J connectivity index is 1.35. The summed E-state index contributed by atoms with van der Waals surface area (Å²) in [5.41, 5.74) is 3.34. The molecule has 0 aliphatic carbocycles. The van der Waals surface area contributed by atoms with Gasteiger partial charge in [0.2, 0.25) is 11.8 Å². The molecule has 0 radical (unpaired) electrons.